The Balaban J connectivity index is 1.65. The molecule has 160 valence electrons. The van der Waals surface area contributed by atoms with Crippen molar-refractivity contribution in [3.05, 3.63) is 63.0 Å². The minimum absolute atomic E-state index is 0.0618. The quantitative estimate of drug-likeness (QED) is 0.567. The Labute approximate surface area is 181 Å². The average molecular weight is 427 g/mol. The minimum Gasteiger partial charge on any atom is -0.354 e. The van der Waals surface area contributed by atoms with E-state index in [9.17, 15) is 9.59 Å². The van der Waals surface area contributed by atoms with Crippen LogP contribution in [-0.4, -0.2) is 40.0 Å². The summed E-state index contributed by atoms with van der Waals surface area (Å²) in [6, 6.07) is 10.4. The van der Waals surface area contributed by atoms with E-state index in [4.69, 9.17) is 0 Å². The van der Waals surface area contributed by atoms with Crippen LogP contribution in [0.2, 0.25) is 0 Å². The van der Waals surface area contributed by atoms with E-state index in [0.29, 0.717) is 18.5 Å². The van der Waals surface area contributed by atoms with Gasteiger partial charge in [-0.2, -0.15) is 0 Å². The van der Waals surface area contributed by atoms with Gasteiger partial charge in [0.15, 0.2) is 0 Å². The molecule has 0 saturated carbocycles. The Morgan fingerprint density at radius 2 is 1.90 bits per heavy atom. The molecule has 2 heterocycles. The topological polar surface area (TPSA) is 67.2 Å². The zero-order valence-electron chi connectivity index (χ0n) is 18.1. The Morgan fingerprint density at radius 1 is 1.20 bits per heavy atom. The lowest BCUT2D eigenvalue weighted by molar-refractivity contribution is -0.121. The lowest BCUT2D eigenvalue weighted by Crippen LogP contribution is -2.38. The van der Waals surface area contributed by atoms with Gasteiger partial charge in [-0.1, -0.05) is 44.2 Å². The van der Waals surface area contributed by atoms with Crippen molar-refractivity contribution in [2.24, 2.45) is 0 Å². The summed E-state index contributed by atoms with van der Waals surface area (Å²) in [7, 11) is 0. The molecule has 7 heteroatoms. The largest absolute Gasteiger partial charge is 0.354 e. The van der Waals surface area contributed by atoms with E-state index in [2.05, 4.69) is 41.2 Å². The van der Waals surface area contributed by atoms with Gasteiger partial charge < -0.3 is 5.32 Å². The number of thiophene rings is 1. The maximum Gasteiger partial charge on any atom is 0.262 e. The SMILES string of the molecule is CCN(CC)C(CNC(=O)CCn1cnc2sc(C)c(C)c2c1=O)c1ccccc1. The number of aryl methyl sites for hydroxylation is 3. The fraction of sp³-hybridized carbons (Fsp3) is 0.435. The second-order valence-corrected chi connectivity index (χ2v) is 8.61. The van der Waals surface area contributed by atoms with Crippen LogP contribution in [0.3, 0.4) is 0 Å². The highest BCUT2D eigenvalue weighted by atomic mass is 32.1. The molecule has 0 aliphatic rings. The first-order valence-corrected chi connectivity index (χ1v) is 11.3. The second kappa shape index (κ2) is 10.00. The molecule has 2 aromatic heterocycles. The molecule has 30 heavy (non-hydrogen) atoms. The monoisotopic (exact) mass is 426 g/mol. The summed E-state index contributed by atoms with van der Waals surface area (Å²) in [6.45, 7) is 10.9. The van der Waals surface area contributed by atoms with Gasteiger partial charge >= 0.3 is 0 Å². The van der Waals surface area contributed by atoms with Crippen molar-refractivity contribution in [2.45, 2.75) is 46.7 Å². The third-order valence-corrected chi connectivity index (χ3v) is 6.78. The number of likely N-dealkylation sites (N-methyl/N-ethyl adjacent to an activating group) is 1. The molecule has 0 fully saturated rings. The summed E-state index contributed by atoms with van der Waals surface area (Å²) < 4.78 is 1.54. The number of hydrogen-bond donors (Lipinski definition) is 1. The van der Waals surface area contributed by atoms with Gasteiger partial charge in [-0.25, -0.2) is 4.98 Å². The van der Waals surface area contributed by atoms with Crippen LogP contribution in [0.5, 0.6) is 0 Å². The van der Waals surface area contributed by atoms with Gasteiger partial charge in [0, 0.05) is 24.4 Å². The molecule has 0 saturated heterocycles. The second-order valence-electron chi connectivity index (χ2n) is 7.41. The van der Waals surface area contributed by atoms with Crippen molar-refractivity contribution >= 4 is 27.5 Å². The van der Waals surface area contributed by atoms with Crippen LogP contribution in [0.25, 0.3) is 10.2 Å². The highest BCUT2D eigenvalue weighted by molar-refractivity contribution is 7.18. The summed E-state index contributed by atoms with van der Waals surface area (Å²) in [5.41, 5.74) is 2.10. The molecule has 1 aromatic carbocycles. The summed E-state index contributed by atoms with van der Waals surface area (Å²) >= 11 is 1.53. The first-order chi connectivity index (χ1) is 14.5. The smallest absolute Gasteiger partial charge is 0.262 e. The molecule has 3 aromatic rings. The van der Waals surface area contributed by atoms with E-state index < -0.39 is 0 Å². The Kier molecular flexibility index (Phi) is 7.39. The molecule has 0 aliphatic heterocycles. The van der Waals surface area contributed by atoms with Gasteiger partial charge in [0.05, 0.1) is 17.8 Å². The van der Waals surface area contributed by atoms with Crippen molar-refractivity contribution in [3.8, 4) is 0 Å². The molecule has 3 rings (SSSR count). The van der Waals surface area contributed by atoms with E-state index in [0.717, 1.165) is 28.4 Å². The van der Waals surface area contributed by atoms with Crippen LogP contribution in [0.4, 0.5) is 0 Å². The van der Waals surface area contributed by atoms with Crippen molar-refractivity contribution < 1.29 is 4.79 Å². The Morgan fingerprint density at radius 3 is 2.57 bits per heavy atom. The number of rotatable bonds is 9. The van der Waals surface area contributed by atoms with Crippen molar-refractivity contribution in [2.75, 3.05) is 19.6 Å². The maximum atomic E-state index is 12.8. The van der Waals surface area contributed by atoms with Gasteiger partial charge in [0.2, 0.25) is 5.91 Å². The zero-order valence-corrected chi connectivity index (χ0v) is 19.0. The molecule has 6 nitrogen and oxygen atoms in total. The molecule has 1 amide bonds. The van der Waals surface area contributed by atoms with Gasteiger partial charge in [0.1, 0.15) is 4.83 Å². The highest BCUT2D eigenvalue weighted by Gasteiger charge is 2.19. The van der Waals surface area contributed by atoms with Crippen LogP contribution in [0.1, 0.15) is 42.3 Å². The number of fused-ring (bicyclic) bond motifs is 1. The molecule has 1 atom stereocenters. The fourth-order valence-electron chi connectivity index (χ4n) is 3.75. The predicted octanol–water partition coefficient (Wildman–Crippen LogP) is 3.66. The maximum absolute atomic E-state index is 12.8. The van der Waals surface area contributed by atoms with Crippen molar-refractivity contribution in [3.63, 3.8) is 0 Å². The molecule has 1 N–H and O–H groups in total. The number of aromatic nitrogens is 2. The lowest BCUT2D eigenvalue weighted by atomic mass is 10.1. The number of nitrogens with zero attached hydrogens (tertiary/aromatic N) is 3. The molecule has 0 aliphatic carbocycles. The zero-order chi connectivity index (χ0) is 21.7. The first-order valence-electron chi connectivity index (χ1n) is 10.5. The minimum atomic E-state index is -0.0695. The molecular weight excluding hydrogens is 396 g/mol. The van der Waals surface area contributed by atoms with Gasteiger partial charge in [0.25, 0.3) is 5.56 Å². The van der Waals surface area contributed by atoms with Gasteiger partial charge in [-0.15, -0.1) is 11.3 Å². The lowest BCUT2D eigenvalue weighted by Gasteiger charge is -2.30. The van der Waals surface area contributed by atoms with E-state index >= 15 is 0 Å². The van der Waals surface area contributed by atoms with Crippen LogP contribution in [0, 0.1) is 13.8 Å². The molecule has 0 radical (unpaired) electrons. The summed E-state index contributed by atoms with van der Waals surface area (Å²) in [4.78, 5) is 33.9. The van der Waals surface area contributed by atoms with Gasteiger partial charge in [-0.05, 0) is 38.1 Å². The normalized spacial score (nSPS) is 12.4. The molecule has 1 unspecified atom stereocenters. The number of nitrogens with one attached hydrogen (secondary N) is 1. The highest BCUT2D eigenvalue weighted by Crippen LogP contribution is 2.25. The third-order valence-electron chi connectivity index (χ3n) is 5.67. The number of amides is 1. The van der Waals surface area contributed by atoms with Crippen molar-refractivity contribution in [1.82, 2.24) is 19.8 Å². The summed E-state index contributed by atoms with van der Waals surface area (Å²) in [5, 5.41) is 3.73. The third kappa shape index (κ3) is 4.79. The summed E-state index contributed by atoms with van der Waals surface area (Å²) in [5.74, 6) is -0.0618. The van der Waals surface area contributed by atoms with Crippen LogP contribution in [-0.2, 0) is 11.3 Å². The van der Waals surface area contributed by atoms with Crippen LogP contribution >= 0.6 is 11.3 Å². The number of benzene rings is 1. The summed E-state index contributed by atoms with van der Waals surface area (Å²) in [6.07, 6.45) is 1.80. The molecular formula is C23H30N4O2S. The van der Waals surface area contributed by atoms with Crippen LogP contribution < -0.4 is 10.9 Å². The number of hydrogen-bond acceptors (Lipinski definition) is 5. The average Bonchev–Trinajstić information content (AvgIpc) is 3.05. The predicted molar refractivity (Wildman–Crippen MR) is 123 cm³/mol. The van der Waals surface area contributed by atoms with Gasteiger partial charge in [-0.3, -0.25) is 19.1 Å². The molecule has 0 spiro atoms. The first kappa shape index (κ1) is 22.2. The fourth-order valence-corrected chi connectivity index (χ4v) is 4.73. The molecule has 0 bridgehead atoms. The van der Waals surface area contributed by atoms with E-state index in [1.165, 1.54) is 16.9 Å². The Hall–Kier alpha value is -2.51. The van der Waals surface area contributed by atoms with E-state index in [1.54, 1.807) is 10.9 Å². The van der Waals surface area contributed by atoms with Crippen LogP contribution in [0.15, 0.2) is 41.5 Å². The van der Waals surface area contributed by atoms with E-state index in [-0.39, 0.29) is 23.9 Å². The van der Waals surface area contributed by atoms with Crippen molar-refractivity contribution in [1.29, 1.82) is 0 Å². The standard InChI is InChI=1S/C23H30N4O2S/c1-5-26(6-2)19(18-10-8-7-9-11-18)14-24-20(28)12-13-27-15-25-22-21(23(27)29)16(3)17(4)30-22/h7-11,15,19H,5-6,12-14H2,1-4H3,(H,24,28). The number of carbonyl (C=O) groups is 1. The number of carbonyl (C=O) groups excluding carboxylic acids is 1. The van der Waals surface area contributed by atoms with E-state index in [1.807, 2.05) is 32.0 Å². The Bertz CT molecular complexity index is 1050.